The van der Waals surface area contributed by atoms with Crippen LogP contribution >= 0.6 is 11.3 Å². The fraction of sp³-hybridized carbons (Fsp3) is 0.600. The van der Waals surface area contributed by atoms with Gasteiger partial charge in [0.1, 0.15) is 11.5 Å². The summed E-state index contributed by atoms with van der Waals surface area (Å²) in [6.45, 7) is 3.50. The zero-order valence-corrected chi connectivity index (χ0v) is 14.2. The fourth-order valence-electron chi connectivity index (χ4n) is 3.51. The highest BCUT2D eigenvalue weighted by Crippen LogP contribution is 2.21. The number of rotatable bonds is 3. The smallest absolute Gasteiger partial charge is 0.338 e. The van der Waals surface area contributed by atoms with Gasteiger partial charge in [-0.05, 0) is 47.3 Å². The van der Waals surface area contributed by atoms with Crippen molar-refractivity contribution >= 4 is 17.2 Å². The molecule has 9 heteroatoms. The van der Waals surface area contributed by atoms with Crippen molar-refractivity contribution < 1.29 is 4.79 Å². The molecule has 1 amide bonds. The van der Waals surface area contributed by atoms with Crippen LogP contribution in [0.5, 0.6) is 0 Å². The molecule has 0 aliphatic carbocycles. The molecule has 4 rings (SSSR count). The first-order chi connectivity index (χ1) is 11.7. The second-order valence-electron chi connectivity index (χ2n) is 6.31. The van der Waals surface area contributed by atoms with E-state index in [4.69, 9.17) is 0 Å². The first-order valence-electron chi connectivity index (χ1n) is 8.31. The molecule has 0 spiro atoms. The Labute approximate surface area is 143 Å². The molecule has 2 aromatic heterocycles. The molecule has 0 bridgehead atoms. The number of piperidine rings is 1. The van der Waals surface area contributed by atoms with E-state index in [2.05, 4.69) is 15.3 Å². The Morgan fingerprint density at radius 2 is 2.17 bits per heavy atom. The fourth-order valence-corrected chi connectivity index (χ4v) is 4.18. The number of hydrogen-bond donors (Lipinski definition) is 0. The molecule has 2 fully saturated rings. The number of tetrazole rings is 1. The average Bonchev–Trinajstić information content (AvgIpc) is 3.25. The lowest BCUT2D eigenvalue weighted by Crippen LogP contribution is -2.56. The molecule has 0 radical (unpaired) electrons. The largest absolute Gasteiger partial charge is 0.369 e. The van der Waals surface area contributed by atoms with Crippen molar-refractivity contribution in [3.05, 3.63) is 28.0 Å². The summed E-state index contributed by atoms with van der Waals surface area (Å²) in [7, 11) is 0. The van der Waals surface area contributed by atoms with Crippen LogP contribution in [0.15, 0.2) is 22.3 Å². The van der Waals surface area contributed by atoms with Gasteiger partial charge in [-0.15, -0.1) is 11.3 Å². The normalized spacial score (nSPS) is 21.7. The lowest BCUT2D eigenvalue weighted by Gasteiger charge is -2.44. The molecule has 0 aromatic carbocycles. The van der Waals surface area contributed by atoms with Crippen LogP contribution in [0, 0.1) is 0 Å². The van der Waals surface area contributed by atoms with Crippen LogP contribution in [0.2, 0.25) is 0 Å². The second-order valence-corrected chi connectivity index (χ2v) is 7.23. The van der Waals surface area contributed by atoms with E-state index < -0.39 is 0 Å². The molecule has 24 heavy (non-hydrogen) atoms. The topological polar surface area (TPSA) is 76.3 Å². The SMILES string of the molecule is O=C(Cn1nnn(-c2cccs2)c1=O)N1CCN2CCCCC2C1. The van der Waals surface area contributed by atoms with Crippen molar-refractivity contribution in [1.29, 1.82) is 0 Å². The van der Waals surface area contributed by atoms with E-state index in [1.165, 1.54) is 28.9 Å². The number of carbonyl (C=O) groups is 1. The van der Waals surface area contributed by atoms with Gasteiger partial charge in [-0.25, -0.2) is 4.79 Å². The zero-order valence-electron chi connectivity index (χ0n) is 13.4. The Morgan fingerprint density at radius 1 is 1.25 bits per heavy atom. The summed E-state index contributed by atoms with van der Waals surface area (Å²) in [5.74, 6) is -0.0550. The minimum Gasteiger partial charge on any atom is -0.338 e. The molecule has 1 atom stereocenters. The lowest BCUT2D eigenvalue weighted by molar-refractivity contribution is -0.135. The van der Waals surface area contributed by atoms with E-state index in [-0.39, 0.29) is 18.1 Å². The van der Waals surface area contributed by atoms with Crippen LogP contribution in [0.25, 0.3) is 5.00 Å². The minimum atomic E-state index is -0.373. The van der Waals surface area contributed by atoms with Crippen molar-refractivity contribution in [1.82, 2.24) is 29.6 Å². The van der Waals surface area contributed by atoms with E-state index in [9.17, 15) is 9.59 Å². The predicted molar refractivity (Wildman–Crippen MR) is 89.3 cm³/mol. The Kier molecular flexibility index (Phi) is 4.19. The zero-order chi connectivity index (χ0) is 16.5. The lowest BCUT2D eigenvalue weighted by atomic mass is 9.99. The summed E-state index contributed by atoms with van der Waals surface area (Å²) in [6.07, 6.45) is 3.64. The van der Waals surface area contributed by atoms with Gasteiger partial charge in [0, 0.05) is 25.7 Å². The minimum absolute atomic E-state index is 0.0447. The number of hydrogen-bond acceptors (Lipinski definition) is 6. The second kappa shape index (κ2) is 6.48. The standard InChI is InChI=1S/C15H20N6O2S/c22-13(19-8-7-18-6-2-1-4-12(18)10-19)11-20-15(23)21(17-16-20)14-5-3-9-24-14/h3,5,9,12H,1-2,4,6-8,10-11H2. The highest BCUT2D eigenvalue weighted by Gasteiger charge is 2.31. The molecule has 4 heterocycles. The molecule has 2 aliphatic heterocycles. The Balaban J connectivity index is 1.44. The molecule has 2 saturated heterocycles. The van der Waals surface area contributed by atoms with Crippen LogP contribution in [0.1, 0.15) is 19.3 Å². The summed E-state index contributed by atoms with van der Waals surface area (Å²) in [5, 5.41) is 10.3. The summed E-state index contributed by atoms with van der Waals surface area (Å²) >= 11 is 1.41. The molecular weight excluding hydrogens is 328 g/mol. The number of carbonyl (C=O) groups excluding carboxylic acids is 1. The van der Waals surface area contributed by atoms with Gasteiger partial charge in [0.05, 0.1) is 0 Å². The number of amides is 1. The third kappa shape index (κ3) is 2.89. The van der Waals surface area contributed by atoms with Gasteiger partial charge in [-0.2, -0.15) is 9.36 Å². The number of fused-ring (bicyclic) bond motifs is 1. The van der Waals surface area contributed by atoms with Crippen LogP contribution in [0.3, 0.4) is 0 Å². The highest BCUT2D eigenvalue weighted by atomic mass is 32.1. The summed E-state index contributed by atoms with van der Waals surface area (Å²) in [4.78, 5) is 29.2. The molecular formula is C15H20N6O2S. The summed E-state index contributed by atoms with van der Waals surface area (Å²) < 4.78 is 2.38. The van der Waals surface area contributed by atoms with Crippen molar-refractivity contribution in [3.8, 4) is 5.00 Å². The number of aromatic nitrogens is 4. The molecule has 1 unspecified atom stereocenters. The molecule has 0 N–H and O–H groups in total. The van der Waals surface area contributed by atoms with Gasteiger partial charge in [-0.3, -0.25) is 9.69 Å². The van der Waals surface area contributed by atoms with Crippen LogP contribution in [-0.2, 0) is 11.3 Å². The van der Waals surface area contributed by atoms with Gasteiger partial charge < -0.3 is 4.90 Å². The van der Waals surface area contributed by atoms with Crippen molar-refractivity contribution in [2.75, 3.05) is 26.2 Å². The molecule has 8 nitrogen and oxygen atoms in total. The maximum Gasteiger partial charge on any atom is 0.369 e. The van der Waals surface area contributed by atoms with Crippen molar-refractivity contribution in [3.63, 3.8) is 0 Å². The van der Waals surface area contributed by atoms with Gasteiger partial charge in [-0.1, -0.05) is 6.42 Å². The predicted octanol–water partition coefficient (Wildman–Crippen LogP) is 0.187. The maximum atomic E-state index is 12.6. The van der Waals surface area contributed by atoms with Crippen LogP contribution in [-0.4, -0.2) is 67.7 Å². The van der Waals surface area contributed by atoms with Crippen LogP contribution in [0.4, 0.5) is 0 Å². The summed E-state index contributed by atoms with van der Waals surface area (Å²) in [6, 6.07) is 4.12. The molecule has 2 aromatic rings. The van der Waals surface area contributed by atoms with Gasteiger partial charge in [0.25, 0.3) is 0 Å². The van der Waals surface area contributed by atoms with E-state index in [1.807, 2.05) is 16.3 Å². The van der Waals surface area contributed by atoms with E-state index in [0.717, 1.165) is 37.3 Å². The summed E-state index contributed by atoms with van der Waals surface area (Å²) in [5.41, 5.74) is -0.373. The molecule has 2 aliphatic rings. The maximum absolute atomic E-state index is 12.6. The average molecular weight is 348 g/mol. The van der Waals surface area contributed by atoms with Gasteiger partial charge in [0.15, 0.2) is 0 Å². The quantitative estimate of drug-likeness (QED) is 0.791. The van der Waals surface area contributed by atoms with Gasteiger partial charge >= 0.3 is 5.69 Å². The Hall–Kier alpha value is -2.00. The van der Waals surface area contributed by atoms with Gasteiger partial charge in [0.2, 0.25) is 5.91 Å². The van der Waals surface area contributed by atoms with Crippen LogP contribution < -0.4 is 5.69 Å². The highest BCUT2D eigenvalue weighted by molar-refractivity contribution is 7.12. The van der Waals surface area contributed by atoms with E-state index in [0.29, 0.717) is 11.0 Å². The van der Waals surface area contributed by atoms with Crippen molar-refractivity contribution in [2.45, 2.75) is 31.8 Å². The third-order valence-electron chi connectivity index (χ3n) is 4.83. The van der Waals surface area contributed by atoms with E-state index in [1.54, 1.807) is 6.07 Å². The molecule has 0 saturated carbocycles. The Bertz CT molecular complexity index is 767. The first kappa shape index (κ1) is 15.5. The number of piperazine rings is 1. The monoisotopic (exact) mass is 348 g/mol. The third-order valence-corrected chi connectivity index (χ3v) is 5.67. The van der Waals surface area contributed by atoms with E-state index >= 15 is 0 Å². The van der Waals surface area contributed by atoms with Crippen molar-refractivity contribution in [2.24, 2.45) is 0 Å². The Morgan fingerprint density at radius 3 is 3.00 bits per heavy atom. The molecule has 128 valence electrons. The number of thiophene rings is 1. The first-order valence-corrected chi connectivity index (χ1v) is 9.19. The number of nitrogens with zero attached hydrogens (tertiary/aromatic N) is 6.